The van der Waals surface area contributed by atoms with Crippen LogP contribution in [-0.4, -0.2) is 20.8 Å². The number of hydrogen-bond donors (Lipinski definition) is 1. The van der Waals surface area contributed by atoms with Gasteiger partial charge in [-0.2, -0.15) is 10.1 Å². The lowest BCUT2D eigenvalue weighted by atomic mass is 9.99. The predicted molar refractivity (Wildman–Crippen MR) is 62.3 cm³/mol. The SMILES string of the molecule is CC1CC(c2ccccc2)n2ncnc2N1. The van der Waals surface area contributed by atoms with E-state index in [9.17, 15) is 0 Å². The van der Waals surface area contributed by atoms with Crippen LogP contribution in [0, 0.1) is 0 Å². The second-order valence-electron chi connectivity index (χ2n) is 4.24. The average molecular weight is 214 g/mol. The van der Waals surface area contributed by atoms with Crippen molar-refractivity contribution in [1.82, 2.24) is 14.8 Å². The summed E-state index contributed by atoms with van der Waals surface area (Å²) in [7, 11) is 0. The molecular weight excluding hydrogens is 200 g/mol. The Balaban J connectivity index is 2.04. The molecule has 0 fully saturated rings. The fraction of sp³-hybridized carbons (Fsp3) is 0.333. The van der Waals surface area contributed by atoms with Gasteiger partial charge >= 0.3 is 0 Å². The predicted octanol–water partition coefficient (Wildman–Crippen LogP) is 2.07. The normalized spacial score (nSPS) is 23.6. The summed E-state index contributed by atoms with van der Waals surface area (Å²) in [6.45, 7) is 2.17. The highest BCUT2D eigenvalue weighted by Gasteiger charge is 2.26. The summed E-state index contributed by atoms with van der Waals surface area (Å²) in [5, 5.41) is 7.62. The van der Waals surface area contributed by atoms with Gasteiger partial charge in [-0.25, -0.2) is 4.68 Å². The van der Waals surface area contributed by atoms with E-state index in [1.807, 2.05) is 10.7 Å². The summed E-state index contributed by atoms with van der Waals surface area (Å²) in [4.78, 5) is 4.22. The first-order chi connectivity index (χ1) is 7.84. The number of aromatic nitrogens is 3. The van der Waals surface area contributed by atoms with Crippen molar-refractivity contribution in [3.8, 4) is 0 Å². The fourth-order valence-electron chi connectivity index (χ4n) is 2.25. The molecular formula is C12H14N4. The van der Waals surface area contributed by atoms with Crippen LogP contribution in [0.4, 0.5) is 5.95 Å². The molecule has 0 bridgehead atoms. The number of nitrogens with one attached hydrogen (secondary N) is 1. The van der Waals surface area contributed by atoms with E-state index in [1.54, 1.807) is 6.33 Å². The van der Waals surface area contributed by atoms with Gasteiger partial charge in [0.25, 0.3) is 0 Å². The first kappa shape index (κ1) is 9.39. The number of hydrogen-bond acceptors (Lipinski definition) is 3. The molecule has 0 amide bonds. The van der Waals surface area contributed by atoms with Crippen molar-refractivity contribution in [2.24, 2.45) is 0 Å². The quantitative estimate of drug-likeness (QED) is 0.790. The molecule has 1 aliphatic heterocycles. The minimum atomic E-state index is 0.301. The summed E-state index contributed by atoms with van der Waals surface area (Å²) in [5.74, 6) is 0.868. The molecule has 1 aliphatic rings. The second-order valence-corrected chi connectivity index (χ2v) is 4.24. The molecule has 1 aromatic carbocycles. The van der Waals surface area contributed by atoms with E-state index in [2.05, 4.69) is 46.6 Å². The van der Waals surface area contributed by atoms with Gasteiger partial charge in [0, 0.05) is 6.04 Å². The third kappa shape index (κ3) is 1.46. The smallest absolute Gasteiger partial charge is 0.221 e. The first-order valence-electron chi connectivity index (χ1n) is 5.55. The van der Waals surface area contributed by atoms with Crippen LogP contribution in [-0.2, 0) is 0 Å². The van der Waals surface area contributed by atoms with Crippen molar-refractivity contribution in [2.45, 2.75) is 25.4 Å². The van der Waals surface area contributed by atoms with E-state index in [1.165, 1.54) is 5.56 Å². The highest BCUT2D eigenvalue weighted by atomic mass is 15.4. The summed E-state index contributed by atoms with van der Waals surface area (Å²) in [6.07, 6.45) is 2.65. The summed E-state index contributed by atoms with van der Waals surface area (Å²) in [5.41, 5.74) is 1.29. The maximum absolute atomic E-state index is 4.29. The lowest BCUT2D eigenvalue weighted by Gasteiger charge is -2.29. The number of fused-ring (bicyclic) bond motifs is 1. The van der Waals surface area contributed by atoms with Crippen LogP contribution in [0.15, 0.2) is 36.7 Å². The minimum Gasteiger partial charge on any atom is -0.352 e. The van der Waals surface area contributed by atoms with Gasteiger partial charge in [0.1, 0.15) is 6.33 Å². The van der Waals surface area contributed by atoms with Gasteiger partial charge in [-0.1, -0.05) is 30.3 Å². The van der Waals surface area contributed by atoms with Gasteiger partial charge in [0.15, 0.2) is 0 Å². The molecule has 2 atom stereocenters. The highest BCUT2D eigenvalue weighted by molar-refractivity contribution is 5.33. The van der Waals surface area contributed by atoms with Crippen molar-refractivity contribution >= 4 is 5.95 Å². The third-order valence-corrected chi connectivity index (χ3v) is 3.00. The van der Waals surface area contributed by atoms with E-state index < -0.39 is 0 Å². The molecule has 3 rings (SSSR count). The van der Waals surface area contributed by atoms with Crippen molar-refractivity contribution in [3.05, 3.63) is 42.2 Å². The van der Waals surface area contributed by atoms with Crippen molar-refractivity contribution in [2.75, 3.05) is 5.32 Å². The highest BCUT2D eigenvalue weighted by Crippen LogP contribution is 2.29. The van der Waals surface area contributed by atoms with E-state index in [0.717, 1.165) is 12.4 Å². The first-order valence-corrected chi connectivity index (χ1v) is 5.55. The molecule has 2 heterocycles. The maximum Gasteiger partial charge on any atom is 0.221 e. The van der Waals surface area contributed by atoms with Crippen LogP contribution >= 0.6 is 0 Å². The molecule has 1 aromatic heterocycles. The Morgan fingerprint density at radius 2 is 2.12 bits per heavy atom. The Hall–Kier alpha value is -1.84. The summed E-state index contributed by atoms with van der Waals surface area (Å²) in [6, 6.07) is 11.2. The number of nitrogens with zero attached hydrogens (tertiary/aromatic N) is 3. The minimum absolute atomic E-state index is 0.301. The Morgan fingerprint density at radius 1 is 1.31 bits per heavy atom. The topological polar surface area (TPSA) is 42.7 Å². The molecule has 4 heteroatoms. The summed E-state index contributed by atoms with van der Waals surface area (Å²) < 4.78 is 1.97. The van der Waals surface area contributed by atoms with Crippen molar-refractivity contribution < 1.29 is 0 Å². The number of benzene rings is 1. The molecule has 0 spiro atoms. The molecule has 4 nitrogen and oxygen atoms in total. The van der Waals surface area contributed by atoms with E-state index in [4.69, 9.17) is 0 Å². The summed E-state index contributed by atoms with van der Waals surface area (Å²) >= 11 is 0. The van der Waals surface area contributed by atoms with Crippen LogP contribution < -0.4 is 5.32 Å². The molecule has 16 heavy (non-hydrogen) atoms. The third-order valence-electron chi connectivity index (χ3n) is 3.00. The number of anilines is 1. The van der Waals surface area contributed by atoms with Crippen molar-refractivity contribution in [1.29, 1.82) is 0 Å². The zero-order chi connectivity index (χ0) is 11.0. The molecule has 2 aromatic rings. The van der Waals surface area contributed by atoms with Crippen molar-refractivity contribution in [3.63, 3.8) is 0 Å². The van der Waals surface area contributed by atoms with E-state index >= 15 is 0 Å². The Bertz CT molecular complexity index is 477. The zero-order valence-corrected chi connectivity index (χ0v) is 9.17. The molecule has 0 saturated heterocycles. The van der Waals surface area contributed by atoms with Crippen LogP contribution in [0.5, 0.6) is 0 Å². The van der Waals surface area contributed by atoms with E-state index in [-0.39, 0.29) is 0 Å². The molecule has 1 N–H and O–H groups in total. The molecule has 0 radical (unpaired) electrons. The lowest BCUT2D eigenvalue weighted by molar-refractivity contribution is 0.437. The second kappa shape index (κ2) is 3.63. The van der Waals surface area contributed by atoms with Gasteiger partial charge in [0.05, 0.1) is 6.04 Å². The van der Waals surface area contributed by atoms with Gasteiger partial charge in [-0.15, -0.1) is 0 Å². The fourth-order valence-corrected chi connectivity index (χ4v) is 2.25. The van der Waals surface area contributed by atoms with E-state index in [0.29, 0.717) is 12.1 Å². The van der Waals surface area contributed by atoms with Gasteiger partial charge < -0.3 is 5.32 Å². The molecule has 82 valence electrons. The average Bonchev–Trinajstić information content (AvgIpc) is 2.77. The zero-order valence-electron chi connectivity index (χ0n) is 9.17. The maximum atomic E-state index is 4.29. The number of rotatable bonds is 1. The van der Waals surface area contributed by atoms with Crippen LogP contribution in [0.1, 0.15) is 24.9 Å². The van der Waals surface area contributed by atoms with Crippen LogP contribution in [0.3, 0.4) is 0 Å². The molecule has 0 saturated carbocycles. The van der Waals surface area contributed by atoms with Crippen LogP contribution in [0.25, 0.3) is 0 Å². The standard InChI is InChI=1S/C12H14N4/c1-9-7-11(10-5-3-2-4-6-10)16-12(15-9)13-8-14-16/h2-6,8-9,11H,7H2,1H3,(H,13,14,15). The molecule has 2 unspecified atom stereocenters. The monoisotopic (exact) mass is 214 g/mol. The van der Waals surface area contributed by atoms with Gasteiger partial charge in [0.2, 0.25) is 5.95 Å². The largest absolute Gasteiger partial charge is 0.352 e. The lowest BCUT2D eigenvalue weighted by Crippen LogP contribution is -2.31. The Morgan fingerprint density at radius 3 is 2.94 bits per heavy atom. The molecule has 0 aliphatic carbocycles. The van der Waals surface area contributed by atoms with Gasteiger partial charge in [-0.05, 0) is 18.9 Å². The van der Waals surface area contributed by atoms with Gasteiger partial charge in [-0.3, -0.25) is 0 Å². The Labute approximate surface area is 94.3 Å². The Kier molecular flexibility index (Phi) is 2.13. The van der Waals surface area contributed by atoms with Crippen LogP contribution in [0.2, 0.25) is 0 Å².